The number of rotatable bonds is 25. The van der Waals surface area contributed by atoms with Gasteiger partial charge in [0.2, 0.25) is 0 Å². The van der Waals surface area contributed by atoms with E-state index in [0.29, 0.717) is 6.42 Å². The number of carbonyl (C=O) groups is 1. The number of hydrogen-bond donors (Lipinski definition) is 1. The summed E-state index contributed by atoms with van der Waals surface area (Å²) in [6, 6.07) is 0. The van der Waals surface area contributed by atoms with E-state index in [0.717, 1.165) is 19.3 Å². The number of carbonyl (C=O) groups excluding carboxylic acids is 1. The lowest BCUT2D eigenvalue weighted by atomic mass is 9.98. The van der Waals surface area contributed by atoms with Crippen LogP contribution >= 0.6 is 0 Å². The molecule has 0 unspecified atom stereocenters. The van der Waals surface area contributed by atoms with Crippen LogP contribution in [0.15, 0.2) is 0 Å². The van der Waals surface area contributed by atoms with Crippen molar-refractivity contribution in [2.45, 2.75) is 230 Å². The second-order valence-corrected chi connectivity index (χ2v) is 16.9. The second kappa shape index (κ2) is 21.7. The lowest BCUT2D eigenvalue weighted by Gasteiger charge is -2.42. The molecule has 1 N–H and O–H groups in total. The Bertz CT molecular complexity index is 1080. The molecular weight excluding hydrogens is 700 g/mol. The van der Waals surface area contributed by atoms with E-state index in [1.165, 1.54) is 91.3 Å². The molecule has 0 spiro atoms. The first-order chi connectivity index (χ1) is 25.7. The van der Waals surface area contributed by atoms with E-state index in [2.05, 4.69) is 6.92 Å². The molecule has 0 radical (unpaired) electrons. The summed E-state index contributed by atoms with van der Waals surface area (Å²) in [5, 5.41) is 11.6. The molecule has 4 fully saturated rings. The third-order valence-electron chi connectivity index (χ3n) is 10.8. The maximum Gasteiger partial charge on any atom is 0.305 e. The third kappa shape index (κ3) is 13.9. The summed E-state index contributed by atoms with van der Waals surface area (Å²) < 4.78 is 67.1. The first kappa shape index (κ1) is 45.7. The Morgan fingerprint density at radius 1 is 0.685 bits per heavy atom. The number of fused-ring (bicyclic) bond motifs is 1. The van der Waals surface area contributed by atoms with E-state index >= 15 is 0 Å². The zero-order valence-electron chi connectivity index (χ0n) is 34.8. The zero-order chi connectivity index (χ0) is 39.4. The predicted octanol–water partition coefficient (Wildman–Crippen LogP) is 7.07. The van der Waals surface area contributed by atoms with Crippen molar-refractivity contribution in [2.24, 2.45) is 0 Å². The minimum atomic E-state index is -1.25. The number of esters is 1. The SMILES string of the molecule is CCCCCCCCCCCCCCCCCC(=O)OC[C@H]1O[C@@H](O[C@@H]([C@@H]2OC(C)(C)O[C@H]2C(OC)OC)[C@H]2COC(C)(C)O2)[C@H](O)[C@H]2OC(C)(C)O[C@H]21. The van der Waals surface area contributed by atoms with E-state index in [1.807, 2.05) is 13.8 Å². The van der Waals surface area contributed by atoms with Crippen molar-refractivity contribution in [3.05, 3.63) is 0 Å². The van der Waals surface area contributed by atoms with Gasteiger partial charge in [0.25, 0.3) is 0 Å². The smallest absolute Gasteiger partial charge is 0.305 e. The first-order valence-electron chi connectivity index (χ1n) is 20.9. The molecule has 0 aromatic carbocycles. The average molecular weight is 775 g/mol. The Morgan fingerprint density at radius 3 is 1.74 bits per heavy atom. The average Bonchev–Trinajstić information content (AvgIpc) is 3.76. The van der Waals surface area contributed by atoms with Gasteiger partial charge in [-0.15, -0.1) is 0 Å². The monoisotopic (exact) mass is 775 g/mol. The highest BCUT2D eigenvalue weighted by atomic mass is 16.8. The van der Waals surface area contributed by atoms with Gasteiger partial charge < -0.3 is 57.2 Å². The molecule has 4 aliphatic rings. The van der Waals surface area contributed by atoms with Crippen LogP contribution in [0.3, 0.4) is 0 Å². The fourth-order valence-corrected chi connectivity index (χ4v) is 8.04. The summed E-state index contributed by atoms with van der Waals surface area (Å²) >= 11 is 0. The molecule has 0 amide bonds. The van der Waals surface area contributed by atoms with Crippen LogP contribution in [-0.4, -0.2) is 117 Å². The number of hydrogen-bond acceptors (Lipinski definition) is 13. The minimum absolute atomic E-state index is 0.0837. The number of ether oxygens (including phenoxy) is 11. The van der Waals surface area contributed by atoms with E-state index in [9.17, 15) is 9.90 Å². The van der Waals surface area contributed by atoms with Gasteiger partial charge in [-0.1, -0.05) is 96.8 Å². The Labute approximate surface area is 325 Å². The van der Waals surface area contributed by atoms with Crippen molar-refractivity contribution in [3.8, 4) is 0 Å². The van der Waals surface area contributed by atoms with E-state index in [1.54, 1.807) is 27.7 Å². The van der Waals surface area contributed by atoms with Gasteiger partial charge in [-0.2, -0.15) is 0 Å². The molecule has 13 heteroatoms. The minimum Gasteiger partial charge on any atom is -0.463 e. The molecule has 0 aliphatic carbocycles. The van der Waals surface area contributed by atoms with Gasteiger partial charge in [-0.05, 0) is 48.0 Å². The Hall–Kier alpha value is -0.970. The van der Waals surface area contributed by atoms with Crippen LogP contribution in [-0.2, 0) is 56.9 Å². The highest BCUT2D eigenvalue weighted by Gasteiger charge is 2.59. The lowest BCUT2D eigenvalue weighted by Crippen LogP contribution is -2.61. The van der Waals surface area contributed by atoms with Gasteiger partial charge in [-0.3, -0.25) is 4.79 Å². The van der Waals surface area contributed by atoms with Crippen LogP contribution in [0, 0.1) is 0 Å². The molecule has 0 saturated carbocycles. The molecule has 54 heavy (non-hydrogen) atoms. The summed E-state index contributed by atoms with van der Waals surface area (Å²) in [5.41, 5.74) is 0. The number of aliphatic hydroxyl groups is 1. The largest absolute Gasteiger partial charge is 0.463 e. The van der Waals surface area contributed by atoms with Crippen LogP contribution in [0.2, 0.25) is 0 Å². The molecule has 4 heterocycles. The van der Waals surface area contributed by atoms with Crippen molar-refractivity contribution >= 4 is 5.97 Å². The number of methoxy groups -OCH3 is 2. The van der Waals surface area contributed by atoms with Crippen molar-refractivity contribution in [3.63, 3.8) is 0 Å². The summed E-state index contributed by atoms with van der Waals surface area (Å²) in [4.78, 5) is 12.9. The zero-order valence-corrected chi connectivity index (χ0v) is 34.8. The molecule has 9 atom stereocenters. The first-order valence-corrected chi connectivity index (χ1v) is 20.9. The van der Waals surface area contributed by atoms with E-state index in [4.69, 9.17) is 52.1 Å². The van der Waals surface area contributed by atoms with Gasteiger partial charge in [0.05, 0.1) is 6.61 Å². The van der Waals surface area contributed by atoms with Gasteiger partial charge in [0, 0.05) is 20.6 Å². The standard InChI is InChI=1S/C41H74O13/c1-10-11-12-13-14-15-16-17-18-19-20-21-22-23-24-25-30(42)46-26-28-33-34(52-40(4,5)51-33)31(43)37(48-28)49-32(29-27-47-39(2,3)50-29)35-36(38(44-8)45-9)54-41(6,7)53-35/h28-29,31-38,43H,10-27H2,1-9H3/t28-,29-,31-,32-,33+,34-,35+,36-,37+/m1/s1. The molecule has 0 aromatic rings. The fourth-order valence-electron chi connectivity index (χ4n) is 8.04. The number of unbranched alkanes of at least 4 members (excludes halogenated alkanes) is 14. The van der Waals surface area contributed by atoms with Crippen LogP contribution in [0.4, 0.5) is 0 Å². The maximum absolute atomic E-state index is 12.9. The van der Waals surface area contributed by atoms with Crippen LogP contribution in [0.5, 0.6) is 0 Å². The molecule has 4 rings (SSSR count). The summed E-state index contributed by atoms with van der Waals surface area (Å²) in [5.74, 6) is -3.19. The number of aliphatic hydroxyl groups excluding tert-OH is 1. The molecule has 0 aromatic heterocycles. The molecule has 0 bridgehead atoms. The quantitative estimate of drug-likeness (QED) is 0.0575. The third-order valence-corrected chi connectivity index (χ3v) is 10.8. The maximum atomic E-state index is 12.9. The van der Waals surface area contributed by atoms with Crippen LogP contribution in [0.25, 0.3) is 0 Å². The van der Waals surface area contributed by atoms with Gasteiger partial charge in [0.15, 0.2) is 29.9 Å². The van der Waals surface area contributed by atoms with Crippen LogP contribution < -0.4 is 0 Å². The Morgan fingerprint density at radius 2 is 1.20 bits per heavy atom. The highest BCUT2D eigenvalue weighted by Crippen LogP contribution is 2.42. The van der Waals surface area contributed by atoms with Gasteiger partial charge in [0.1, 0.15) is 55.4 Å². The molecule has 4 saturated heterocycles. The predicted molar refractivity (Wildman–Crippen MR) is 200 cm³/mol. The van der Waals surface area contributed by atoms with Gasteiger partial charge >= 0.3 is 5.97 Å². The molecule has 13 nitrogen and oxygen atoms in total. The molecule has 316 valence electrons. The lowest BCUT2D eigenvalue weighted by molar-refractivity contribution is -0.316. The second-order valence-electron chi connectivity index (χ2n) is 16.9. The van der Waals surface area contributed by atoms with Crippen molar-refractivity contribution in [2.75, 3.05) is 27.4 Å². The van der Waals surface area contributed by atoms with Crippen molar-refractivity contribution in [1.29, 1.82) is 0 Å². The van der Waals surface area contributed by atoms with E-state index < -0.39 is 78.8 Å². The molecule has 4 aliphatic heterocycles. The highest BCUT2D eigenvalue weighted by molar-refractivity contribution is 5.69. The topological polar surface area (TPSA) is 139 Å². The fraction of sp³-hybridized carbons (Fsp3) is 0.976. The van der Waals surface area contributed by atoms with Crippen LogP contribution in [0.1, 0.15) is 151 Å². The van der Waals surface area contributed by atoms with Crippen molar-refractivity contribution in [1.82, 2.24) is 0 Å². The Balaban J connectivity index is 1.27. The summed E-state index contributed by atoms with van der Waals surface area (Å²) in [6.45, 7) is 13.1. The van der Waals surface area contributed by atoms with Gasteiger partial charge in [-0.25, -0.2) is 0 Å². The Kier molecular flexibility index (Phi) is 18.4. The normalized spacial score (nSPS) is 31.9. The van der Waals surface area contributed by atoms with E-state index in [-0.39, 0.29) is 19.2 Å². The summed E-state index contributed by atoms with van der Waals surface area (Å²) in [7, 11) is 3.04. The molecular formula is C41H74O13. The summed E-state index contributed by atoms with van der Waals surface area (Å²) in [6.07, 6.45) is 10.7. The van der Waals surface area contributed by atoms with Crippen molar-refractivity contribution < 1.29 is 62.0 Å².